The predicted molar refractivity (Wildman–Crippen MR) is 217 cm³/mol. The number of amides is 2. The van der Waals surface area contributed by atoms with Gasteiger partial charge in [0.1, 0.15) is 60.1 Å². The van der Waals surface area contributed by atoms with Crippen LogP contribution in [0, 0.1) is 0 Å². The normalized spacial score (nSPS) is 16.4. The van der Waals surface area contributed by atoms with Crippen molar-refractivity contribution in [1.29, 1.82) is 0 Å². The highest BCUT2D eigenvalue weighted by Gasteiger charge is 2.20. The SMILES string of the molecule is O=C(Nc1cc(OCCN2CCCC2)c2ccccc2n1)c1cc(OCCN2CCCC2)cc(C(=O)Nc2cc(OCCN3CCCC3)c3ccccc3n2)n1. The molecular formula is C43H50N8O5. The summed E-state index contributed by atoms with van der Waals surface area (Å²) in [5, 5.41) is 7.53. The van der Waals surface area contributed by atoms with Gasteiger partial charge in [-0.25, -0.2) is 15.0 Å². The minimum atomic E-state index is -0.535. The Balaban J connectivity index is 1.02. The van der Waals surface area contributed by atoms with Gasteiger partial charge in [0.2, 0.25) is 0 Å². The van der Waals surface area contributed by atoms with E-state index in [1.807, 2.05) is 48.5 Å². The van der Waals surface area contributed by atoms with Crippen LogP contribution in [-0.2, 0) is 0 Å². The molecule has 0 radical (unpaired) electrons. The average molecular weight is 759 g/mol. The van der Waals surface area contributed by atoms with Crippen molar-refractivity contribution in [3.05, 3.63) is 84.2 Å². The van der Waals surface area contributed by atoms with Crippen LogP contribution in [-0.4, -0.2) is 120 Å². The third-order valence-electron chi connectivity index (χ3n) is 10.7. The summed E-state index contributed by atoms with van der Waals surface area (Å²) in [5.74, 6) is 1.20. The lowest BCUT2D eigenvalue weighted by molar-refractivity contribution is 0.101. The Kier molecular flexibility index (Phi) is 12.1. The summed E-state index contributed by atoms with van der Waals surface area (Å²) in [6.07, 6.45) is 7.20. The van der Waals surface area contributed by atoms with Gasteiger partial charge in [-0.3, -0.25) is 24.3 Å². The molecule has 13 nitrogen and oxygen atoms in total. The van der Waals surface area contributed by atoms with Crippen LogP contribution in [0.15, 0.2) is 72.8 Å². The molecule has 3 aliphatic heterocycles. The number of likely N-dealkylation sites (tertiary alicyclic amines) is 3. The topological polar surface area (TPSA) is 134 Å². The summed E-state index contributed by atoms with van der Waals surface area (Å²) in [6, 6.07) is 22.0. The number of benzene rings is 2. The van der Waals surface area contributed by atoms with E-state index in [0.29, 0.717) is 59.7 Å². The van der Waals surface area contributed by atoms with Crippen molar-refractivity contribution < 1.29 is 23.8 Å². The van der Waals surface area contributed by atoms with Gasteiger partial charge in [-0.15, -0.1) is 0 Å². The second kappa shape index (κ2) is 18.1. The number of aromatic nitrogens is 3. The summed E-state index contributed by atoms with van der Waals surface area (Å²) < 4.78 is 18.7. The van der Waals surface area contributed by atoms with E-state index < -0.39 is 11.8 Å². The summed E-state index contributed by atoms with van der Waals surface area (Å²) in [5.41, 5.74) is 1.40. The molecule has 3 aliphatic rings. The molecule has 6 heterocycles. The first-order valence-corrected chi connectivity index (χ1v) is 20.0. The zero-order valence-electron chi connectivity index (χ0n) is 31.9. The van der Waals surface area contributed by atoms with Gasteiger partial charge < -0.3 is 24.8 Å². The molecular weight excluding hydrogens is 709 g/mol. The molecule has 56 heavy (non-hydrogen) atoms. The summed E-state index contributed by atoms with van der Waals surface area (Å²) >= 11 is 0. The van der Waals surface area contributed by atoms with Gasteiger partial charge in [0.05, 0.1) is 11.0 Å². The predicted octanol–water partition coefficient (Wildman–Crippen LogP) is 6.11. The van der Waals surface area contributed by atoms with Gasteiger partial charge in [-0.05, 0) is 102 Å². The number of para-hydroxylation sites is 2. The minimum absolute atomic E-state index is 0.0117. The highest BCUT2D eigenvalue weighted by molar-refractivity contribution is 6.07. The Labute approximate surface area is 327 Å². The summed E-state index contributed by atoms with van der Waals surface area (Å²) in [4.78, 5) is 48.9. The van der Waals surface area contributed by atoms with Gasteiger partial charge >= 0.3 is 0 Å². The number of carbonyl (C=O) groups excluding carboxylic acids is 2. The number of hydrogen-bond acceptors (Lipinski definition) is 11. The second-order valence-electron chi connectivity index (χ2n) is 14.7. The number of ether oxygens (including phenoxy) is 3. The molecule has 3 saturated heterocycles. The number of nitrogens with one attached hydrogen (secondary N) is 2. The van der Waals surface area contributed by atoms with Crippen LogP contribution in [0.1, 0.15) is 59.5 Å². The van der Waals surface area contributed by atoms with E-state index in [-0.39, 0.29) is 11.4 Å². The quantitative estimate of drug-likeness (QED) is 0.121. The van der Waals surface area contributed by atoms with Crippen LogP contribution in [0.4, 0.5) is 11.6 Å². The van der Waals surface area contributed by atoms with E-state index in [2.05, 4.69) is 30.3 Å². The van der Waals surface area contributed by atoms with Crippen molar-refractivity contribution in [3.63, 3.8) is 0 Å². The van der Waals surface area contributed by atoms with Crippen molar-refractivity contribution in [2.75, 3.05) is 89.4 Å². The van der Waals surface area contributed by atoms with Crippen molar-refractivity contribution in [1.82, 2.24) is 29.7 Å². The third kappa shape index (κ3) is 9.52. The van der Waals surface area contributed by atoms with Crippen LogP contribution in [0.2, 0.25) is 0 Å². The molecule has 0 unspecified atom stereocenters. The summed E-state index contributed by atoms with van der Waals surface area (Å²) in [6.45, 7) is 10.3. The number of carbonyl (C=O) groups is 2. The lowest BCUT2D eigenvalue weighted by Gasteiger charge is -2.17. The third-order valence-corrected chi connectivity index (χ3v) is 10.7. The smallest absolute Gasteiger partial charge is 0.275 e. The van der Waals surface area contributed by atoms with Gasteiger partial charge in [-0.2, -0.15) is 0 Å². The maximum Gasteiger partial charge on any atom is 0.275 e. The van der Waals surface area contributed by atoms with Crippen LogP contribution in [0.25, 0.3) is 21.8 Å². The van der Waals surface area contributed by atoms with Crippen molar-refractivity contribution in [2.45, 2.75) is 38.5 Å². The first-order chi connectivity index (χ1) is 27.5. The molecule has 0 saturated carbocycles. The molecule has 5 aromatic rings. The minimum Gasteiger partial charge on any atom is -0.492 e. The highest BCUT2D eigenvalue weighted by atomic mass is 16.5. The maximum absolute atomic E-state index is 13.9. The van der Waals surface area contributed by atoms with Gasteiger partial charge in [-0.1, -0.05) is 24.3 Å². The van der Waals surface area contributed by atoms with E-state index in [1.54, 1.807) is 24.3 Å². The molecule has 3 fully saturated rings. The molecule has 13 heteroatoms. The highest BCUT2D eigenvalue weighted by Crippen LogP contribution is 2.30. The monoisotopic (exact) mass is 758 g/mol. The molecule has 0 spiro atoms. The molecule has 8 rings (SSSR count). The van der Waals surface area contributed by atoms with Crippen LogP contribution in [0.3, 0.4) is 0 Å². The van der Waals surface area contributed by atoms with Crippen LogP contribution >= 0.6 is 0 Å². The molecule has 292 valence electrons. The van der Waals surface area contributed by atoms with Gasteiger partial charge in [0.15, 0.2) is 0 Å². The molecule has 0 bridgehead atoms. The number of anilines is 2. The van der Waals surface area contributed by atoms with Crippen LogP contribution in [0.5, 0.6) is 17.2 Å². The Morgan fingerprint density at radius 2 is 0.911 bits per heavy atom. The fraction of sp³-hybridized carbons (Fsp3) is 0.419. The zero-order chi connectivity index (χ0) is 38.1. The van der Waals surface area contributed by atoms with Gasteiger partial charge in [0, 0.05) is 54.7 Å². The molecule has 2 N–H and O–H groups in total. The first kappa shape index (κ1) is 37.5. The average Bonchev–Trinajstić information content (AvgIpc) is 4.04. The number of nitrogens with zero attached hydrogens (tertiary/aromatic N) is 6. The maximum atomic E-state index is 13.9. The molecule has 0 atom stereocenters. The van der Waals surface area contributed by atoms with Crippen molar-refractivity contribution >= 4 is 45.3 Å². The Morgan fingerprint density at radius 3 is 1.34 bits per heavy atom. The lowest BCUT2D eigenvalue weighted by atomic mass is 10.2. The van der Waals surface area contributed by atoms with Gasteiger partial charge in [0.25, 0.3) is 11.8 Å². The fourth-order valence-electron chi connectivity index (χ4n) is 7.72. The standard InChI is InChI=1S/C43H50N8O5/c52-42(47-40-29-38(32-11-1-3-13-34(32)45-40)55-25-22-50-17-7-8-18-50)36-27-31(54-24-21-49-15-5-6-16-49)28-37(44-36)43(53)48-41-30-39(33-12-2-4-14-35(33)46-41)56-26-23-51-19-9-10-20-51/h1-4,11-14,27-30H,5-10,15-26H2,(H,45,47,52)(H,46,48,53). The van der Waals surface area contributed by atoms with Crippen molar-refractivity contribution in [3.8, 4) is 17.2 Å². The fourth-order valence-corrected chi connectivity index (χ4v) is 7.72. The van der Waals surface area contributed by atoms with E-state index in [0.717, 1.165) is 69.7 Å². The van der Waals surface area contributed by atoms with Crippen LogP contribution < -0.4 is 24.8 Å². The number of hydrogen-bond donors (Lipinski definition) is 2. The second-order valence-corrected chi connectivity index (χ2v) is 14.7. The lowest BCUT2D eigenvalue weighted by Crippen LogP contribution is -2.25. The number of rotatable bonds is 16. The molecule has 0 aliphatic carbocycles. The van der Waals surface area contributed by atoms with E-state index in [4.69, 9.17) is 24.2 Å². The number of fused-ring (bicyclic) bond motifs is 2. The first-order valence-electron chi connectivity index (χ1n) is 20.0. The molecule has 2 aromatic carbocycles. The van der Waals surface area contributed by atoms with E-state index in [9.17, 15) is 9.59 Å². The largest absolute Gasteiger partial charge is 0.492 e. The molecule has 2 amide bonds. The number of pyridine rings is 3. The van der Waals surface area contributed by atoms with E-state index >= 15 is 0 Å². The zero-order valence-corrected chi connectivity index (χ0v) is 31.9. The summed E-state index contributed by atoms with van der Waals surface area (Å²) in [7, 11) is 0. The molecule has 3 aromatic heterocycles. The Morgan fingerprint density at radius 1 is 0.518 bits per heavy atom. The Hall–Kier alpha value is -5.37. The van der Waals surface area contributed by atoms with Crippen molar-refractivity contribution in [2.24, 2.45) is 0 Å². The Bertz CT molecular complexity index is 2010. The van der Waals surface area contributed by atoms with E-state index in [1.165, 1.54) is 38.5 Å².